The third kappa shape index (κ3) is 2.66. The van der Waals surface area contributed by atoms with Crippen LogP contribution in [0.15, 0.2) is 27.5 Å². The van der Waals surface area contributed by atoms with Crippen LogP contribution < -0.4 is 11.1 Å². The molecule has 2 rings (SSSR count). The van der Waals surface area contributed by atoms with Gasteiger partial charge >= 0.3 is 0 Å². The van der Waals surface area contributed by atoms with Gasteiger partial charge in [-0.2, -0.15) is 16.3 Å². The first-order chi connectivity index (χ1) is 7.25. The van der Waals surface area contributed by atoms with Gasteiger partial charge in [-0.25, -0.2) is 4.98 Å². The van der Waals surface area contributed by atoms with Crippen LogP contribution in [0.3, 0.4) is 0 Å². The molecule has 15 heavy (non-hydrogen) atoms. The first kappa shape index (κ1) is 10.4. The average Bonchev–Trinajstić information content (AvgIpc) is 2.72. The Hall–Kier alpha value is -1.14. The number of nitrogens with one attached hydrogen (secondary N) is 1. The van der Waals surface area contributed by atoms with Crippen LogP contribution in [0.4, 0.5) is 11.8 Å². The minimum Gasteiger partial charge on any atom is -0.368 e. The number of rotatable bonds is 3. The highest BCUT2D eigenvalue weighted by Gasteiger charge is 2.02. The minimum atomic E-state index is 0.269. The number of nitrogens with two attached hydrogens (primary N) is 1. The van der Waals surface area contributed by atoms with Crippen molar-refractivity contribution in [3.63, 3.8) is 0 Å². The van der Waals surface area contributed by atoms with Gasteiger partial charge in [-0.1, -0.05) is 0 Å². The van der Waals surface area contributed by atoms with Crippen molar-refractivity contribution in [2.75, 3.05) is 11.1 Å². The summed E-state index contributed by atoms with van der Waals surface area (Å²) in [4.78, 5) is 7.95. The molecule has 0 aromatic carbocycles. The summed E-state index contributed by atoms with van der Waals surface area (Å²) in [5.41, 5.74) is 6.72. The largest absolute Gasteiger partial charge is 0.368 e. The maximum Gasteiger partial charge on any atom is 0.221 e. The summed E-state index contributed by atoms with van der Waals surface area (Å²) in [5, 5.41) is 7.32. The smallest absolute Gasteiger partial charge is 0.221 e. The van der Waals surface area contributed by atoms with Gasteiger partial charge in [-0.05, 0) is 38.3 Å². The first-order valence-electron chi connectivity index (χ1n) is 4.28. The molecule has 2 heterocycles. The van der Waals surface area contributed by atoms with Gasteiger partial charge in [0, 0.05) is 12.7 Å². The van der Waals surface area contributed by atoms with E-state index in [1.165, 1.54) is 5.56 Å². The number of aromatic nitrogens is 2. The van der Waals surface area contributed by atoms with Crippen LogP contribution in [0, 0.1) is 0 Å². The second kappa shape index (κ2) is 4.59. The van der Waals surface area contributed by atoms with Crippen LogP contribution in [0.2, 0.25) is 0 Å². The molecule has 2 aromatic rings. The zero-order chi connectivity index (χ0) is 10.7. The molecule has 0 saturated carbocycles. The Balaban J connectivity index is 2.07. The summed E-state index contributed by atoms with van der Waals surface area (Å²) in [7, 11) is 0. The van der Waals surface area contributed by atoms with Gasteiger partial charge in [-0.3, -0.25) is 0 Å². The van der Waals surface area contributed by atoms with E-state index in [1.807, 2.05) is 5.38 Å². The molecule has 0 spiro atoms. The maximum absolute atomic E-state index is 5.50. The number of nitrogen functional groups attached to an aromatic ring is 1. The molecule has 0 radical (unpaired) electrons. The van der Waals surface area contributed by atoms with Gasteiger partial charge in [0.2, 0.25) is 5.95 Å². The molecule has 0 aliphatic rings. The van der Waals surface area contributed by atoms with Crippen LogP contribution in [-0.2, 0) is 6.54 Å². The van der Waals surface area contributed by atoms with Gasteiger partial charge in [0.25, 0.3) is 0 Å². The topological polar surface area (TPSA) is 63.8 Å². The zero-order valence-electron chi connectivity index (χ0n) is 7.77. The standard InChI is InChI=1S/C9H9BrN4S/c10-7-4-13-9(11)14-8(7)12-3-6-1-2-15-5-6/h1-2,4-5H,3H2,(H3,11,12,13,14). The Morgan fingerprint density at radius 1 is 1.53 bits per heavy atom. The van der Waals surface area contributed by atoms with Gasteiger partial charge in [0.15, 0.2) is 0 Å². The molecule has 0 bridgehead atoms. The van der Waals surface area contributed by atoms with Gasteiger partial charge < -0.3 is 11.1 Å². The Kier molecular flexibility index (Phi) is 3.17. The van der Waals surface area contributed by atoms with E-state index in [-0.39, 0.29) is 5.95 Å². The fourth-order valence-corrected chi connectivity index (χ4v) is 2.08. The highest BCUT2D eigenvalue weighted by Crippen LogP contribution is 2.20. The van der Waals surface area contributed by atoms with E-state index < -0.39 is 0 Å². The number of nitrogens with zero attached hydrogens (tertiary/aromatic N) is 2. The fourth-order valence-electron chi connectivity index (χ4n) is 1.08. The van der Waals surface area contributed by atoms with Crippen molar-refractivity contribution in [3.05, 3.63) is 33.1 Å². The van der Waals surface area contributed by atoms with E-state index in [0.29, 0.717) is 5.82 Å². The molecular weight excluding hydrogens is 276 g/mol. The van der Waals surface area contributed by atoms with Crippen molar-refractivity contribution in [3.8, 4) is 0 Å². The Morgan fingerprint density at radius 2 is 2.40 bits per heavy atom. The first-order valence-corrected chi connectivity index (χ1v) is 6.02. The summed E-state index contributed by atoms with van der Waals surface area (Å²) >= 11 is 5.03. The Labute approximate surface area is 99.7 Å². The molecule has 0 amide bonds. The highest BCUT2D eigenvalue weighted by atomic mass is 79.9. The lowest BCUT2D eigenvalue weighted by Gasteiger charge is -2.06. The van der Waals surface area contributed by atoms with Crippen molar-refractivity contribution in [1.82, 2.24) is 9.97 Å². The van der Waals surface area contributed by atoms with Gasteiger partial charge in [-0.15, -0.1) is 0 Å². The molecule has 6 heteroatoms. The molecule has 0 fully saturated rings. The van der Waals surface area contributed by atoms with E-state index in [0.717, 1.165) is 11.0 Å². The van der Waals surface area contributed by atoms with Crippen LogP contribution in [0.1, 0.15) is 5.56 Å². The number of anilines is 2. The molecule has 0 atom stereocenters. The van der Waals surface area contributed by atoms with Crippen molar-refractivity contribution in [1.29, 1.82) is 0 Å². The van der Waals surface area contributed by atoms with E-state index in [4.69, 9.17) is 5.73 Å². The SMILES string of the molecule is Nc1ncc(Br)c(NCc2ccsc2)n1. The molecule has 2 aromatic heterocycles. The maximum atomic E-state index is 5.50. The molecule has 0 unspecified atom stereocenters. The van der Waals surface area contributed by atoms with Crippen molar-refractivity contribution in [2.24, 2.45) is 0 Å². The molecule has 3 N–H and O–H groups in total. The third-order valence-electron chi connectivity index (χ3n) is 1.80. The number of hydrogen-bond donors (Lipinski definition) is 2. The van der Waals surface area contributed by atoms with Crippen molar-refractivity contribution in [2.45, 2.75) is 6.54 Å². The van der Waals surface area contributed by atoms with Crippen LogP contribution in [-0.4, -0.2) is 9.97 Å². The summed E-state index contributed by atoms with van der Waals surface area (Å²) in [6, 6.07) is 2.07. The third-order valence-corrected chi connectivity index (χ3v) is 3.12. The summed E-state index contributed by atoms with van der Waals surface area (Å²) in [6.07, 6.45) is 1.64. The summed E-state index contributed by atoms with van der Waals surface area (Å²) in [6.45, 7) is 0.735. The normalized spacial score (nSPS) is 10.2. The van der Waals surface area contributed by atoms with Crippen molar-refractivity contribution < 1.29 is 0 Å². The molecule has 0 aliphatic carbocycles. The molecular formula is C9H9BrN4S. The van der Waals surface area contributed by atoms with Crippen LogP contribution in [0.25, 0.3) is 0 Å². The minimum absolute atomic E-state index is 0.269. The van der Waals surface area contributed by atoms with Gasteiger partial charge in [0.1, 0.15) is 5.82 Å². The fraction of sp³-hybridized carbons (Fsp3) is 0.111. The van der Waals surface area contributed by atoms with E-state index in [2.05, 4.69) is 42.7 Å². The molecule has 4 nitrogen and oxygen atoms in total. The molecule has 0 saturated heterocycles. The predicted octanol–water partition coefficient (Wildman–Crippen LogP) is 2.49. The number of thiophene rings is 1. The van der Waals surface area contributed by atoms with E-state index >= 15 is 0 Å². The second-order valence-electron chi connectivity index (χ2n) is 2.91. The molecule has 78 valence electrons. The molecule has 0 aliphatic heterocycles. The van der Waals surface area contributed by atoms with Crippen LogP contribution >= 0.6 is 27.3 Å². The second-order valence-corrected chi connectivity index (χ2v) is 4.54. The Morgan fingerprint density at radius 3 is 3.13 bits per heavy atom. The quantitative estimate of drug-likeness (QED) is 0.909. The summed E-state index contributed by atoms with van der Waals surface area (Å²) < 4.78 is 0.812. The average molecular weight is 285 g/mol. The lowest BCUT2D eigenvalue weighted by atomic mass is 10.3. The lowest BCUT2D eigenvalue weighted by molar-refractivity contribution is 1.09. The van der Waals surface area contributed by atoms with E-state index in [1.54, 1.807) is 17.5 Å². The predicted molar refractivity (Wildman–Crippen MR) is 65.8 cm³/mol. The monoisotopic (exact) mass is 284 g/mol. The van der Waals surface area contributed by atoms with Crippen molar-refractivity contribution >= 4 is 39.0 Å². The van der Waals surface area contributed by atoms with Gasteiger partial charge in [0.05, 0.1) is 4.47 Å². The zero-order valence-corrected chi connectivity index (χ0v) is 10.2. The number of hydrogen-bond acceptors (Lipinski definition) is 5. The number of halogens is 1. The lowest BCUT2D eigenvalue weighted by Crippen LogP contribution is -2.04. The Bertz CT molecular complexity index is 443. The summed E-state index contributed by atoms with van der Waals surface area (Å²) in [5.74, 6) is 0.986. The highest BCUT2D eigenvalue weighted by molar-refractivity contribution is 9.10. The van der Waals surface area contributed by atoms with Crippen LogP contribution in [0.5, 0.6) is 0 Å². The van der Waals surface area contributed by atoms with E-state index in [9.17, 15) is 0 Å².